The van der Waals surface area contributed by atoms with Gasteiger partial charge in [-0.2, -0.15) is 0 Å². The first-order valence-electron chi connectivity index (χ1n) is 11.2. The normalized spacial score (nSPS) is 21.3. The van der Waals surface area contributed by atoms with Crippen LogP contribution in [-0.4, -0.2) is 81.8 Å². The summed E-state index contributed by atoms with van der Waals surface area (Å²) in [6.07, 6.45) is 6.24. The van der Waals surface area contributed by atoms with Gasteiger partial charge in [0.15, 0.2) is 0 Å². The van der Waals surface area contributed by atoms with Gasteiger partial charge in [0, 0.05) is 38.6 Å². The first-order valence-corrected chi connectivity index (χ1v) is 11.2. The van der Waals surface area contributed by atoms with Gasteiger partial charge in [-0.15, -0.1) is 0 Å². The van der Waals surface area contributed by atoms with E-state index in [1.165, 1.54) is 44.2 Å². The number of amides is 3. The van der Waals surface area contributed by atoms with Crippen LogP contribution in [0.25, 0.3) is 0 Å². The van der Waals surface area contributed by atoms with Crippen LogP contribution in [0, 0.1) is 0 Å². The maximum absolute atomic E-state index is 12.7. The quantitative estimate of drug-likeness (QED) is 0.698. The molecule has 0 spiro atoms. The third-order valence-corrected chi connectivity index (χ3v) is 6.81. The first-order chi connectivity index (χ1) is 15.0. The number of hydrogen-bond acceptors (Lipinski definition) is 5. The van der Waals surface area contributed by atoms with Gasteiger partial charge >= 0.3 is 5.97 Å². The van der Waals surface area contributed by atoms with E-state index in [-0.39, 0.29) is 29.9 Å². The van der Waals surface area contributed by atoms with Gasteiger partial charge in [-0.05, 0) is 31.4 Å². The third kappa shape index (κ3) is 4.35. The second kappa shape index (κ2) is 9.18. The molecule has 31 heavy (non-hydrogen) atoms. The van der Waals surface area contributed by atoms with E-state index < -0.39 is 23.8 Å². The second-order valence-electron chi connectivity index (χ2n) is 8.63. The van der Waals surface area contributed by atoms with Crippen LogP contribution in [0.1, 0.15) is 65.7 Å². The highest BCUT2D eigenvalue weighted by Crippen LogP contribution is 2.27. The van der Waals surface area contributed by atoms with E-state index >= 15 is 0 Å². The first kappa shape index (κ1) is 21.5. The van der Waals surface area contributed by atoms with Crippen LogP contribution in [-0.2, 0) is 9.59 Å². The zero-order chi connectivity index (χ0) is 22.0. The summed E-state index contributed by atoms with van der Waals surface area (Å²) in [7, 11) is 0. The summed E-state index contributed by atoms with van der Waals surface area (Å²) < 4.78 is 0. The van der Waals surface area contributed by atoms with E-state index in [1.54, 1.807) is 17.0 Å². The fraction of sp³-hybridized carbons (Fsp3) is 0.565. The summed E-state index contributed by atoms with van der Waals surface area (Å²) in [5, 5.41) is 9.67. The summed E-state index contributed by atoms with van der Waals surface area (Å²) in [6.45, 7) is 2.97. The second-order valence-corrected chi connectivity index (χ2v) is 8.63. The average molecular weight is 428 g/mol. The van der Waals surface area contributed by atoms with Crippen molar-refractivity contribution in [3.05, 3.63) is 35.4 Å². The Bertz CT molecular complexity index is 837. The van der Waals surface area contributed by atoms with Crippen LogP contribution in [0.2, 0.25) is 0 Å². The predicted octanol–water partition coefficient (Wildman–Crippen LogP) is 1.99. The fourth-order valence-electron chi connectivity index (χ4n) is 5.05. The molecule has 1 N–H and O–H groups in total. The minimum Gasteiger partial charge on any atom is -0.480 e. The van der Waals surface area contributed by atoms with Crippen LogP contribution in [0.5, 0.6) is 0 Å². The molecule has 1 saturated heterocycles. The van der Waals surface area contributed by atoms with Gasteiger partial charge in [0.1, 0.15) is 6.04 Å². The third-order valence-electron chi connectivity index (χ3n) is 6.81. The summed E-state index contributed by atoms with van der Waals surface area (Å²) >= 11 is 0. The van der Waals surface area contributed by atoms with Gasteiger partial charge < -0.3 is 10.0 Å². The molecule has 0 aromatic heterocycles. The fourth-order valence-corrected chi connectivity index (χ4v) is 5.05. The number of nitrogens with zero attached hydrogens (tertiary/aromatic N) is 3. The molecule has 8 heteroatoms. The van der Waals surface area contributed by atoms with E-state index in [0.29, 0.717) is 19.1 Å². The number of carbonyl (C=O) groups is 4. The van der Waals surface area contributed by atoms with Crippen molar-refractivity contribution in [2.45, 2.75) is 57.0 Å². The largest absolute Gasteiger partial charge is 0.480 e. The summed E-state index contributed by atoms with van der Waals surface area (Å²) in [4.78, 5) is 54.9. The molecule has 2 heterocycles. The Labute approximate surface area is 181 Å². The number of imide groups is 1. The minimum atomic E-state index is -1.35. The Morgan fingerprint density at radius 1 is 0.935 bits per heavy atom. The SMILES string of the molecule is O=C(O)[C@H](CCC(=O)N1CCN(C2CCCCC2)CC1)N1C(=O)c2ccccc2C1=O. The average Bonchev–Trinajstić information content (AvgIpc) is 3.05. The van der Waals surface area contributed by atoms with Gasteiger partial charge in [0.25, 0.3) is 11.8 Å². The maximum atomic E-state index is 12.7. The molecule has 3 amide bonds. The number of benzene rings is 1. The monoisotopic (exact) mass is 427 g/mol. The molecular weight excluding hydrogens is 398 g/mol. The van der Waals surface area contributed by atoms with Gasteiger partial charge in [0.2, 0.25) is 5.91 Å². The molecule has 0 radical (unpaired) electrons. The number of hydrogen-bond donors (Lipinski definition) is 1. The lowest BCUT2D eigenvalue weighted by Crippen LogP contribution is -2.52. The van der Waals surface area contributed by atoms with E-state index in [2.05, 4.69) is 4.90 Å². The molecule has 4 rings (SSSR count). The smallest absolute Gasteiger partial charge is 0.326 e. The lowest BCUT2D eigenvalue weighted by molar-refractivity contribution is -0.142. The molecule has 1 saturated carbocycles. The maximum Gasteiger partial charge on any atom is 0.326 e. The molecule has 0 unspecified atom stereocenters. The van der Waals surface area contributed by atoms with Gasteiger partial charge in [0.05, 0.1) is 11.1 Å². The number of rotatable bonds is 6. The number of fused-ring (bicyclic) bond motifs is 1. The van der Waals surface area contributed by atoms with Crippen molar-refractivity contribution in [1.29, 1.82) is 0 Å². The van der Waals surface area contributed by atoms with Crippen LogP contribution >= 0.6 is 0 Å². The molecule has 1 aromatic carbocycles. The molecule has 1 aliphatic carbocycles. The lowest BCUT2D eigenvalue weighted by atomic mass is 9.94. The van der Waals surface area contributed by atoms with Crippen molar-refractivity contribution < 1.29 is 24.3 Å². The highest BCUT2D eigenvalue weighted by atomic mass is 16.4. The van der Waals surface area contributed by atoms with Crippen molar-refractivity contribution in [2.75, 3.05) is 26.2 Å². The van der Waals surface area contributed by atoms with E-state index in [1.807, 2.05) is 0 Å². The molecule has 0 bridgehead atoms. The number of carboxylic acids is 1. The number of carboxylic acid groups (broad SMARTS) is 1. The highest BCUT2D eigenvalue weighted by molar-refractivity contribution is 6.22. The van der Waals surface area contributed by atoms with Crippen molar-refractivity contribution in [3.8, 4) is 0 Å². The summed E-state index contributed by atoms with van der Waals surface area (Å²) in [6, 6.07) is 5.59. The Balaban J connectivity index is 1.33. The molecule has 1 atom stereocenters. The number of piperazine rings is 1. The van der Waals surface area contributed by atoms with E-state index in [4.69, 9.17) is 0 Å². The van der Waals surface area contributed by atoms with Crippen LogP contribution < -0.4 is 0 Å². The standard InChI is InChI=1S/C23H29N3O5/c27-20(25-14-12-24(13-15-25)16-6-2-1-3-7-16)11-10-19(23(30)31)26-21(28)17-8-4-5-9-18(17)22(26)29/h4-5,8-9,16,19H,1-3,6-7,10-15H2,(H,30,31)/t19-/m0/s1. The molecule has 2 fully saturated rings. The predicted molar refractivity (Wildman–Crippen MR) is 113 cm³/mol. The van der Waals surface area contributed by atoms with Crippen molar-refractivity contribution in [3.63, 3.8) is 0 Å². The van der Waals surface area contributed by atoms with Crippen LogP contribution in [0.15, 0.2) is 24.3 Å². The molecule has 2 aliphatic heterocycles. The lowest BCUT2D eigenvalue weighted by Gasteiger charge is -2.40. The summed E-state index contributed by atoms with van der Waals surface area (Å²) in [5.74, 6) is -2.61. The summed E-state index contributed by atoms with van der Waals surface area (Å²) in [5.41, 5.74) is 0.424. The van der Waals surface area contributed by atoms with Gasteiger partial charge in [-0.25, -0.2) is 4.79 Å². The molecular formula is C23H29N3O5. The Morgan fingerprint density at radius 3 is 2.06 bits per heavy atom. The molecule has 166 valence electrons. The Hall–Kier alpha value is -2.74. The highest BCUT2D eigenvalue weighted by Gasteiger charge is 2.43. The Kier molecular flexibility index (Phi) is 6.36. The van der Waals surface area contributed by atoms with Crippen molar-refractivity contribution in [1.82, 2.24) is 14.7 Å². The van der Waals surface area contributed by atoms with Crippen LogP contribution in [0.4, 0.5) is 0 Å². The van der Waals surface area contributed by atoms with E-state index in [9.17, 15) is 24.3 Å². The van der Waals surface area contributed by atoms with Crippen LogP contribution in [0.3, 0.4) is 0 Å². The molecule has 8 nitrogen and oxygen atoms in total. The zero-order valence-electron chi connectivity index (χ0n) is 17.7. The number of carbonyl (C=O) groups excluding carboxylic acids is 3. The van der Waals surface area contributed by atoms with Crippen molar-refractivity contribution >= 4 is 23.7 Å². The number of aliphatic carboxylic acids is 1. The molecule has 1 aromatic rings. The molecule has 3 aliphatic rings. The minimum absolute atomic E-state index is 0.00615. The zero-order valence-corrected chi connectivity index (χ0v) is 17.7. The van der Waals surface area contributed by atoms with Gasteiger partial charge in [-0.3, -0.25) is 24.2 Å². The Morgan fingerprint density at radius 2 is 1.52 bits per heavy atom. The van der Waals surface area contributed by atoms with Crippen molar-refractivity contribution in [2.24, 2.45) is 0 Å². The van der Waals surface area contributed by atoms with Gasteiger partial charge in [-0.1, -0.05) is 31.4 Å². The topological polar surface area (TPSA) is 98.2 Å². The van der Waals surface area contributed by atoms with E-state index in [0.717, 1.165) is 18.0 Å².